The van der Waals surface area contributed by atoms with Crippen molar-refractivity contribution in [2.45, 2.75) is 4.90 Å². The highest BCUT2D eigenvalue weighted by molar-refractivity contribution is 7.92. The van der Waals surface area contributed by atoms with Crippen LogP contribution in [0.25, 0.3) is 11.1 Å². The van der Waals surface area contributed by atoms with Crippen molar-refractivity contribution in [2.75, 3.05) is 23.7 Å². The molecule has 3 rings (SSSR count). The molecule has 0 bridgehead atoms. The van der Waals surface area contributed by atoms with E-state index in [9.17, 15) is 17.2 Å². The van der Waals surface area contributed by atoms with Crippen LogP contribution in [0.3, 0.4) is 0 Å². The molecule has 0 spiro atoms. The summed E-state index contributed by atoms with van der Waals surface area (Å²) in [4.78, 5) is 1.81. The zero-order valence-corrected chi connectivity index (χ0v) is 16.7. The van der Waals surface area contributed by atoms with Gasteiger partial charge in [-0.25, -0.2) is 17.2 Å². The van der Waals surface area contributed by atoms with Gasteiger partial charge in [0.2, 0.25) is 0 Å². The minimum absolute atomic E-state index is 0.00618. The Morgan fingerprint density at radius 3 is 2.18 bits per heavy atom. The molecular formula is C20H17ClF2N2O2S. The molecule has 0 aliphatic carbocycles. The average Bonchev–Trinajstić information content (AvgIpc) is 2.64. The van der Waals surface area contributed by atoms with Gasteiger partial charge in [-0.2, -0.15) is 0 Å². The maximum atomic E-state index is 13.9. The molecule has 28 heavy (non-hydrogen) atoms. The summed E-state index contributed by atoms with van der Waals surface area (Å²) in [6.07, 6.45) is 0. The van der Waals surface area contributed by atoms with Gasteiger partial charge >= 0.3 is 0 Å². The van der Waals surface area contributed by atoms with Crippen molar-refractivity contribution in [1.82, 2.24) is 0 Å². The van der Waals surface area contributed by atoms with Crippen molar-refractivity contribution < 1.29 is 17.2 Å². The highest BCUT2D eigenvalue weighted by atomic mass is 35.5. The summed E-state index contributed by atoms with van der Waals surface area (Å²) >= 11 is 6.28. The number of nitrogens with zero attached hydrogens (tertiary/aromatic N) is 1. The summed E-state index contributed by atoms with van der Waals surface area (Å²) in [5, 5.41) is 0.393. The number of nitrogens with one attached hydrogen (secondary N) is 1. The van der Waals surface area contributed by atoms with E-state index in [4.69, 9.17) is 11.6 Å². The smallest absolute Gasteiger partial charge is 0.261 e. The van der Waals surface area contributed by atoms with Gasteiger partial charge in [-0.3, -0.25) is 4.72 Å². The van der Waals surface area contributed by atoms with Gasteiger partial charge in [0.1, 0.15) is 0 Å². The second-order valence-corrected chi connectivity index (χ2v) is 8.38. The van der Waals surface area contributed by atoms with E-state index >= 15 is 0 Å². The van der Waals surface area contributed by atoms with Crippen LogP contribution in [0.15, 0.2) is 65.6 Å². The van der Waals surface area contributed by atoms with E-state index in [-0.39, 0.29) is 16.1 Å². The predicted octanol–water partition coefficient (Wildman–Crippen LogP) is 5.15. The zero-order chi connectivity index (χ0) is 20.5. The fourth-order valence-corrected chi connectivity index (χ4v) is 4.15. The third kappa shape index (κ3) is 4.10. The van der Waals surface area contributed by atoms with Gasteiger partial charge in [-0.15, -0.1) is 0 Å². The molecule has 3 aromatic carbocycles. The summed E-state index contributed by atoms with van der Waals surface area (Å²) in [6, 6.07) is 14.3. The third-order valence-corrected chi connectivity index (χ3v) is 5.78. The van der Waals surface area contributed by atoms with Crippen LogP contribution < -0.4 is 9.62 Å². The molecule has 8 heteroatoms. The summed E-state index contributed by atoms with van der Waals surface area (Å²) in [7, 11) is -0.351. The molecule has 146 valence electrons. The van der Waals surface area contributed by atoms with Gasteiger partial charge in [-0.1, -0.05) is 35.9 Å². The fourth-order valence-electron chi connectivity index (χ4n) is 2.71. The van der Waals surface area contributed by atoms with Crippen LogP contribution in [0, 0.1) is 11.6 Å². The predicted molar refractivity (Wildman–Crippen MR) is 108 cm³/mol. The van der Waals surface area contributed by atoms with Crippen LogP contribution in [0.5, 0.6) is 0 Å². The van der Waals surface area contributed by atoms with Crippen LogP contribution in [0.2, 0.25) is 5.02 Å². The maximum absolute atomic E-state index is 13.9. The van der Waals surface area contributed by atoms with E-state index in [2.05, 4.69) is 4.72 Å². The average molecular weight is 423 g/mol. The Kier molecular flexibility index (Phi) is 5.58. The Morgan fingerprint density at radius 1 is 0.929 bits per heavy atom. The second-order valence-electron chi connectivity index (χ2n) is 6.29. The first-order valence-electron chi connectivity index (χ1n) is 8.23. The molecule has 0 saturated heterocycles. The highest BCUT2D eigenvalue weighted by Gasteiger charge is 2.19. The number of hydrogen-bond acceptors (Lipinski definition) is 3. The Labute approximate surface area is 167 Å². The first-order valence-corrected chi connectivity index (χ1v) is 10.1. The molecule has 0 amide bonds. The number of sulfonamides is 1. The number of halogens is 3. The van der Waals surface area contributed by atoms with Crippen LogP contribution in [-0.4, -0.2) is 22.5 Å². The molecule has 0 unspecified atom stereocenters. The molecular weight excluding hydrogens is 406 g/mol. The SMILES string of the molecule is CN(C)c1ccc(-c2cc(F)c(F)cc2NS(=O)(=O)c2ccccc2)cc1Cl. The number of hydrogen-bond donors (Lipinski definition) is 1. The van der Waals surface area contributed by atoms with E-state index in [1.807, 2.05) is 14.1 Å². The van der Waals surface area contributed by atoms with Crippen LogP contribution in [0.1, 0.15) is 0 Å². The lowest BCUT2D eigenvalue weighted by molar-refractivity contribution is 0.509. The normalized spacial score (nSPS) is 11.3. The fraction of sp³-hybridized carbons (Fsp3) is 0.100. The summed E-state index contributed by atoms with van der Waals surface area (Å²) in [5.74, 6) is -2.25. The Balaban J connectivity index is 2.11. The highest BCUT2D eigenvalue weighted by Crippen LogP contribution is 2.36. The molecule has 0 aliphatic heterocycles. The van der Waals surface area contributed by atoms with Crippen molar-refractivity contribution in [1.29, 1.82) is 0 Å². The lowest BCUT2D eigenvalue weighted by Crippen LogP contribution is -2.14. The van der Waals surface area contributed by atoms with Gasteiger partial charge in [0.15, 0.2) is 11.6 Å². The third-order valence-electron chi connectivity index (χ3n) is 4.10. The van der Waals surface area contributed by atoms with E-state index in [1.165, 1.54) is 12.1 Å². The van der Waals surface area contributed by atoms with E-state index in [0.29, 0.717) is 10.6 Å². The largest absolute Gasteiger partial charge is 0.376 e. The number of benzene rings is 3. The summed E-state index contributed by atoms with van der Waals surface area (Å²) in [5.41, 5.74) is 1.27. The topological polar surface area (TPSA) is 49.4 Å². The van der Waals surface area contributed by atoms with Crippen molar-refractivity contribution in [3.8, 4) is 11.1 Å². The van der Waals surface area contributed by atoms with Crippen molar-refractivity contribution in [2.24, 2.45) is 0 Å². The molecule has 0 atom stereocenters. The van der Waals surface area contributed by atoms with Crippen molar-refractivity contribution in [3.05, 3.63) is 77.3 Å². The zero-order valence-electron chi connectivity index (χ0n) is 15.1. The van der Waals surface area contributed by atoms with Crippen molar-refractivity contribution >= 4 is 33.0 Å². The number of anilines is 2. The Morgan fingerprint density at radius 2 is 1.57 bits per heavy atom. The van der Waals surface area contributed by atoms with Gasteiger partial charge in [0.25, 0.3) is 10.0 Å². The van der Waals surface area contributed by atoms with Crippen LogP contribution in [-0.2, 0) is 10.0 Å². The van der Waals surface area contributed by atoms with Gasteiger partial charge in [0, 0.05) is 25.7 Å². The van der Waals surface area contributed by atoms with Crippen LogP contribution >= 0.6 is 11.6 Å². The first kappa shape index (κ1) is 20.1. The minimum atomic E-state index is -3.99. The molecule has 0 heterocycles. The quantitative estimate of drug-likeness (QED) is 0.618. The minimum Gasteiger partial charge on any atom is -0.376 e. The number of rotatable bonds is 5. The molecule has 3 aromatic rings. The van der Waals surface area contributed by atoms with Gasteiger partial charge < -0.3 is 4.90 Å². The van der Waals surface area contributed by atoms with E-state index in [1.54, 1.807) is 41.3 Å². The first-order chi connectivity index (χ1) is 13.2. The lowest BCUT2D eigenvalue weighted by atomic mass is 10.0. The van der Waals surface area contributed by atoms with Gasteiger partial charge in [0.05, 0.1) is 21.3 Å². The maximum Gasteiger partial charge on any atom is 0.261 e. The molecule has 0 saturated carbocycles. The Bertz CT molecular complexity index is 1120. The standard InChI is InChI=1S/C20H17ClF2N2O2S/c1-25(2)20-9-8-13(10-16(20)21)15-11-17(22)18(23)12-19(15)24-28(26,27)14-6-4-3-5-7-14/h3-12,24H,1-2H3. The monoisotopic (exact) mass is 422 g/mol. The molecule has 0 radical (unpaired) electrons. The lowest BCUT2D eigenvalue weighted by Gasteiger charge is -2.17. The van der Waals surface area contributed by atoms with E-state index < -0.39 is 21.7 Å². The summed E-state index contributed by atoms with van der Waals surface area (Å²) < 4.78 is 55.4. The second kappa shape index (κ2) is 7.77. The molecule has 1 N–H and O–H groups in total. The van der Waals surface area contributed by atoms with Gasteiger partial charge in [-0.05, 0) is 35.9 Å². The molecule has 0 aliphatic rings. The van der Waals surface area contributed by atoms with E-state index in [0.717, 1.165) is 17.8 Å². The summed E-state index contributed by atoms with van der Waals surface area (Å²) in [6.45, 7) is 0. The Hall–Kier alpha value is -2.64. The molecule has 0 fully saturated rings. The molecule has 4 nitrogen and oxygen atoms in total. The van der Waals surface area contributed by atoms with Crippen molar-refractivity contribution in [3.63, 3.8) is 0 Å². The molecule has 0 aromatic heterocycles. The van der Waals surface area contributed by atoms with Crippen LogP contribution in [0.4, 0.5) is 20.2 Å².